The second-order valence-electron chi connectivity index (χ2n) is 6.11. The van der Waals surface area contributed by atoms with Crippen molar-refractivity contribution in [2.45, 2.75) is 13.2 Å². The van der Waals surface area contributed by atoms with Crippen LogP contribution in [-0.4, -0.2) is 0 Å². The summed E-state index contributed by atoms with van der Waals surface area (Å²) in [5.41, 5.74) is 2.03. The Kier molecular flexibility index (Phi) is 4.88. The first-order valence-corrected chi connectivity index (χ1v) is 8.70. The van der Waals surface area contributed by atoms with Gasteiger partial charge in [0.15, 0.2) is 11.3 Å². The van der Waals surface area contributed by atoms with E-state index >= 15 is 0 Å². The van der Waals surface area contributed by atoms with E-state index < -0.39 is 5.63 Å². The van der Waals surface area contributed by atoms with Gasteiger partial charge in [-0.1, -0.05) is 60.7 Å². The van der Waals surface area contributed by atoms with E-state index in [0.717, 1.165) is 16.5 Å². The van der Waals surface area contributed by atoms with Crippen LogP contribution in [0.5, 0.6) is 11.5 Å². The molecule has 1 aromatic heterocycles. The molecule has 0 saturated heterocycles. The average Bonchev–Trinajstić information content (AvgIpc) is 2.72. The minimum atomic E-state index is -0.424. The van der Waals surface area contributed by atoms with E-state index in [-0.39, 0.29) is 0 Å². The molecule has 4 rings (SSSR count). The van der Waals surface area contributed by atoms with Gasteiger partial charge in [-0.15, -0.1) is 0 Å². The third-order valence-electron chi connectivity index (χ3n) is 4.17. The maximum atomic E-state index is 11.7. The summed E-state index contributed by atoms with van der Waals surface area (Å²) in [5.74, 6) is 0.974. The zero-order chi connectivity index (χ0) is 18.5. The summed E-state index contributed by atoms with van der Waals surface area (Å²) < 4.78 is 17.4. The molecule has 4 aromatic rings. The van der Waals surface area contributed by atoms with Crippen LogP contribution < -0.4 is 15.1 Å². The van der Waals surface area contributed by atoms with E-state index in [9.17, 15) is 4.79 Å². The third kappa shape index (κ3) is 4.01. The topological polar surface area (TPSA) is 48.7 Å². The highest BCUT2D eigenvalue weighted by Crippen LogP contribution is 2.36. The van der Waals surface area contributed by atoms with Crippen molar-refractivity contribution in [2.24, 2.45) is 0 Å². The molecule has 0 fully saturated rings. The molecule has 0 aliphatic heterocycles. The van der Waals surface area contributed by atoms with Crippen LogP contribution in [-0.2, 0) is 13.2 Å². The zero-order valence-corrected chi connectivity index (χ0v) is 14.6. The number of fused-ring (bicyclic) bond motifs is 1. The summed E-state index contributed by atoms with van der Waals surface area (Å²) in [6.45, 7) is 0.741. The zero-order valence-electron chi connectivity index (χ0n) is 14.6. The van der Waals surface area contributed by atoms with Gasteiger partial charge in [-0.25, -0.2) is 4.79 Å². The minimum Gasteiger partial charge on any atom is -0.485 e. The lowest BCUT2D eigenvalue weighted by molar-refractivity contribution is 0.255. The maximum Gasteiger partial charge on any atom is 0.336 e. The molecule has 0 aliphatic rings. The summed E-state index contributed by atoms with van der Waals surface area (Å²) in [4.78, 5) is 11.7. The highest BCUT2D eigenvalue weighted by atomic mass is 16.5. The van der Waals surface area contributed by atoms with Gasteiger partial charge in [-0.05, 0) is 29.3 Å². The summed E-state index contributed by atoms with van der Waals surface area (Å²) in [6, 6.07) is 26.5. The van der Waals surface area contributed by atoms with E-state index in [1.165, 1.54) is 6.07 Å². The molecule has 0 saturated carbocycles. The number of rotatable bonds is 6. The fourth-order valence-electron chi connectivity index (χ4n) is 2.80. The van der Waals surface area contributed by atoms with Crippen LogP contribution >= 0.6 is 0 Å². The van der Waals surface area contributed by atoms with Crippen LogP contribution in [0.15, 0.2) is 94.1 Å². The molecular formula is C23H18O4. The van der Waals surface area contributed by atoms with Gasteiger partial charge in [-0.2, -0.15) is 0 Å². The molecule has 4 heteroatoms. The summed E-state index contributed by atoms with van der Waals surface area (Å²) in [7, 11) is 0. The molecular weight excluding hydrogens is 340 g/mol. The van der Waals surface area contributed by atoms with E-state index in [4.69, 9.17) is 13.9 Å². The van der Waals surface area contributed by atoms with Gasteiger partial charge >= 0.3 is 5.63 Å². The maximum absolute atomic E-state index is 11.7. The second-order valence-corrected chi connectivity index (χ2v) is 6.11. The third-order valence-corrected chi connectivity index (χ3v) is 4.17. The molecule has 27 heavy (non-hydrogen) atoms. The quantitative estimate of drug-likeness (QED) is 0.458. The van der Waals surface area contributed by atoms with E-state index in [0.29, 0.717) is 30.3 Å². The van der Waals surface area contributed by atoms with E-state index in [1.807, 2.05) is 72.8 Å². The molecule has 1 heterocycles. The lowest BCUT2D eigenvalue weighted by atomic mass is 10.2. The van der Waals surface area contributed by atoms with Crippen LogP contribution in [0, 0.1) is 0 Å². The van der Waals surface area contributed by atoms with Crippen molar-refractivity contribution in [3.05, 3.63) is 106 Å². The smallest absolute Gasteiger partial charge is 0.336 e. The largest absolute Gasteiger partial charge is 0.485 e. The Morgan fingerprint density at radius 3 is 1.93 bits per heavy atom. The van der Waals surface area contributed by atoms with E-state index in [2.05, 4.69) is 0 Å². The van der Waals surface area contributed by atoms with Crippen molar-refractivity contribution >= 4 is 11.0 Å². The predicted molar refractivity (Wildman–Crippen MR) is 104 cm³/mol. The molecule has 0 atom stereocenters. The average molecular weight is 358 g/mol. The van der Waals surface area contributed by atoms with Crippen molar-refractivity contribution in [1.29, 1.82) is 0 Å². The van der Waals surface area contributed by atoms with Crippen LogP contribution in [0.1, 0.15) is 11.1 Å². The monoisotopic (exact) mass is 358 g/mol. The SMILES string of the molecule is O=c1ccc2ccc(OCc3ccccc3)c(OCc3ccccc3)c2o1. The standard InChI is InChI=1S/C23H18O4/c24-21-14-12-19-11-13-20(25-15-17-7-3-1-4-8-17)23(22(19)27-21)26-16-18-9-5-2-6-10-18/h1-14H,15-16H2. The summed E-state index contributed by atoms with van der Waals surface area (Å²) in [6.07, 6.45) is 0. The molecule has 0 bridgehead atoms. The first-order chi connectivity index (χ1) is 13.3. The molecule has 4 nitrogen and oxygen atoms in total. The number of hydrogen-bond donors (Lipinski definition) is 0. The lowest BCUT2D eigenvalue weighted by Gasteiger charge is -2.14. The van der Waals surface area contributed by atoms with Gasteiger partial charge in [0.05, 0.1) is 0 Å². The molecule has 134 valence electrons. The molecule has 0 radical (unpaired) electrons. The Balaban J connectivity index is 1.67. The van der Waals surface area contributed by atoms with Gasteiger partial charge in [0.1, 0.15) is 13.2 Å². The van der Waals surface area contributed by atoms with Crippen molar-refractivity contribution in [3.8, 4) is 11.5 Å². The van der Waals surface area contributed by atoms with Gasteiger partial charge < -0.3 is 13.9 Å². The molecule has 0 amide bonds. The Labute approximate surface area is 156 Å². The van der Waals surface area contributed by atoms with Crippen LogP contribution in [0.2, 0.25) is 0 Å². The van der Waals surface area contributed by atoms with E-state index in [1.54, 1.807) is 6.07 Å². The summed E-state index contributed by atoms with van der Waals surface area (Å²) in [5, 5.41) is 0.782. The number of ether oxygens (including phenoxy) is 2. The Morgan fingerprint density at radius 2 is 1.26 bits per heavy atom. The Morgan fingerprint density at radius 1 is 0.667 bits per heavy atom. The molecule has 0 unspecified atom stereocenters. The number of hydrogen-bond acceptors (Lipinski definition) is 4. The van der Waals surface area contributed by atoms with Crippen molar-refractivity contribution in [1.82, 2.24) is 0 Å². The second kappa shape index (κ2) is 7.79. The van der Waals surface area contributed by atoms with Crippen molar-refractivity contribution in [2.75, 3.05) is 0 Å². The Bertz CT molecular complexity index is 1090. The van der Waals surface area contributed by atoms with Crippen molar-refractivity contribution in [3.63, 3.8) is 0 Å². The van der Waals surface area contributed by atoms with Crippen LogP contribution in [0.25, 0.3) is 11.0 Å². The minimum absolute atomic E-state index is 0.347. The molecule has 0 aliphatic carbocycles. The first kappa shape index (κ1) is 16.9. The van der Waals surface area contributed by atoms with Crippen LogP contribution in [0.3, 0.4) is 0 Å². The first-order valence-electron chi connectivity index (χ1n) is 8.70. The van der Waals surface area contributed by atoms with Crippen molar-refractivity contribution < 1.29 is 13.9 Å². The highest BCUT2D eigenvalue weighted by Gasteiger charge is 2.14. The van der Waals surface area contributed by atoms with Gasteiger partial charge in [-0.3, -0.25) is 0 Å². The normalized spacial score (nSPS) is 10.7. The lowest BCUT2D eigenvalue weighted by Crippen LogP contribution is -2.03. The van der Waals surface area contributed by atoms with Gasteiger partial charge in [0.25, 0.3) is 0 Å². The fraction of sp³-hybridized carbons (Fsp3) is 0.0870. The fourth-order valence-corrected chi connectivity index (χ4v) is 2.80. The number of benzene rings is 3. The molecule has 3 aromatic carbocycles. The van der Waals surface area contributed by atoms with Gasteiger partial charge in [0.2, 0.25) is 5.75 Å². The van der Waals surface area contributed by atoms with Crippen LogP contribution in [0.4, 0.5) is 0 Å². The Hall–Kier alpha value is -3.53. The van der Waals surface area contributed by atoms with Gasteiger partial charge in [0, 0.05) is 11.5 Å². The molecule has 0 N–H and O–H groups in total. The predicted octanol–water partition coefficient (Wildman–Crippen LogP) is 4.95. The summed E-state index contributed by atoms with van der Waals surface area (Å²) >= 11 is 0. The molecule has 0 spiro atoms. The highest BCUT2D eigenvalue weighted by molar-refractivity contribution is 5.85.